The number of hydrogen-bond donors (Lipinski definition) is 1. The molecule has 0 unspecified atom stereocenters. The number of methoxy groups -OCH3 is 1. The molecule has 178 valence electrons. The van der Waals surface area contributed by atoms with Crippen LogP contribution >= 0.6 is 0 Å². The van der Waals surface area contributed by atoms with Crippen LogP contribution in [0.1, 0.15) is 36.0 Å². The summed E-state index contributed by atoms with van der Waals surface area (Å²) in [6, 6.07) is 20.8. The number of sulfonamides is 1. The molecule has 3 aromatic carbocycles. The summed E-state index contributed by atoms with van der Waals surface area (Å²) in [5.41, 5.74) is 0.688. The number of para-hydroxylation sites is 3. The number of ether oxygens (including phenoxy) is 2. The number of hydrogen-bond acceptors (Lipinski definition) is 5. The predicted octanol–water partition coefficient (Wildman–Crippen LogP) is 5.30. The molecule has 0 spiro atoms. The van der Waals surface area contributed by atoms with Gasteiger partial charge in [0.25, 0.3) is 5.91 Å². The van der Waals surface area contributed by atoms with Gasteiger partial charge >= 0.3 is 0 Å². The largest absolute Gasteiger partial charge is 0.495 e. The van der Waals surface area contributed by atoms with Gasteiger partial charge in [-0.2, -0.15) is 4.31 Å². The maximum Gasteiger partial charge on any atom is 0.255 e. The first-order valence-electron chi connectivity index (χ1n) is 11.3. The van der Waals surface area contributed by atoms with E-state index in [1.54, 1.807) is 24.3 Å². The Morgan fingerprint density at radius 2 is 1.53 bits per heavy atom. The molecule has 0 bridgehead atoms. The first-order valence-corrected chi connectivity index (χ1v) is 12.7. The maximum atomic E-state index is 13.4. The average molecular weight is 481 g/mol. The summed E-state index contributed by atoms with van der Waals surface area (Å²) in [5, 5.41) is 2.84. The summed E-state index contributed by atoms with van der Waals surface area (Å²) >= 11 is 0. The molecule has 34 heavy (non-hydrogen) atoms. The summed E-state index contributed by atoms with van der Waals surface area (Å²) in [7, 11) is -2.38. The molecule has 0 atom stereocenters. The average Bonchev–Trinajstić information content (AvgIpc) is 3.16. The standard InChI is InChI=1S/C26H28N2O5S/c1-32-24-16-15-20(19-25(24)34(30,31)28-17-9-2-3-10-18-28)26(29)27-22-13-7-8-14-23(22)33-21-11-5-4-6-12-21/h4-8,11-16,19H,2-3,9-10,17-18H2,1H3,(H,27,29). The lowest BCUT2D eigenvalue weighted by molar-refractivity contribution is 0.102. The van der Waals surface area contributed by atoms with Crippen LogP contribution in [0.15, 0.2) is 77.7 Å². The lowest BCUT2D eigenvalue weighted by Crippen LogP contribution is -2.32. The molecule has 1 fully saturated rings. The third-order valence-electron chi connectivity index (χ3n) is 5.71. The van der Waals surface area contributed by atoms with Gasteiger partial charge in [-0.1, -0.05) is 43.2 Å². The highest BCUT2D eigenvalue weighted by Crippen LogP contribution is 2.32. The van der Waals surface area contributed by atoms with E-state index in [4.69, 9.17) is 9.47 Å². The third-order valence-corrected chi connectivity index (χ3v) is 7.63. The lowest BCUT2D eigenvalue weighted by Gasteiger charge is -2.21. The second-order valence-corrected chi connectivity index (χ2v) is 9.96. The Bertz CT molecular complexity index is 1240. The van der Waals surface area contributed by atoms with Crippen molar-refractivity contribution < 1.29 is 22.7 Å². The third kappa shape index (κ3) is 5.40. The Hall–Kier alpha value is -3.36. The fourth-order valence-electron chi connectivity index (χ4n) is 3.91. The first-order chi connectivity index (χ1) is 16.5. The molecule has 1 aliphatic heterocycles. The van der Waals surface area contributed by atoms with Crippen molar-refractivity contribution in [3.63, 3.8) is 0 Å². The van der Waals surface area contributed by atoms with Gasteiger partial charge in [0.2, 0.25) is 10.0 Å². The van der Waals surface area contributed by atoms with Crippen LogP contribution in [0.5, 0.6) is 17.2 Å². The van der Waals surface area contributed by atoms with Crippen LogP contribution < -0.4 is 14.8 Å². The summed E-state index contributed by atoms with van der Waals surface area (Å²) in [6.07, 6.45) is 3.66. The maximum absolute atomic E-state index is 13.4. The fraction of sp³-hybridized carbons (Fsp3) is 0.269. The molecule has 7 nitrogen and oxygen atoms in total. The second kappa shape index (κ2) is 10.7. The number of amides is 1. The number of nitrogens with zero attached hydrogens (tertiary/aromatic N) is 1. The van der Waals surface area contributed by atoms with E-state index in [2.05, 4.69) is 5.32 Å². The molecule has 1 heterocycles. The monoisotopic (exact) mass is 480 g/mol. The summed E-state index contributed by atoms with van der Waals surface area (Å²) in [4.78, 5) is 13.1. The molecule has 0 aromatic heterocycles. The van der Waals surface area contributed by atoms with Crippen LogP contribution in [0.3, 0.4) is 0 Å². The van der Waals surface area contributed by atoms with Crippen molar-refractivity contribution in [2.45, 2.75) is 30.6 Å². The molecule has 1 amide bonds. The van der Waals surface area contributed by atoms with Crippen molar-refractivity contribution in [1.29, 1.82) is 0 Å². The van der Waals surface area contributed by atoms with Crippen LogP contribution in [-0.2, 0) is 10.0 Å². The fourth-order valence-corrected chi connectivity index (χ4v) is 5.61. The zero-order valence-electron chi connectivity index (χ0n) is 19.1. The van der Waals surface area contributed by atoms with Crippen LogP contribution in [0.4, 0.5) is 5.69 Å². The minimum absolute atomic E-state index is 0.00151. The molecular weight excluding hydrogens is 452 g/mol. The van der Waals surface area contributed by atoms with Crippen molar-refractivity contribution in [3.05, 3.63) is 78.4 Å². The van der Waals surface area contributed by atoms with Gasteiger partial charge < -0.3 is 14.8 Å². The summed E-state index contributed by atoms with van der Waals surface area (Å²) < 4.78 is 39.5. The highest BCUT2D eigenvalue weighted by molar-refractivity contribution is 7.89. The molecular formula is C26H28N2O5S. The van der Waals surface area contributed by atoms with Crippen molar-refractivity contribution in [2.75, 3.05) is 25.5 Å². The van der Waals surface area contributed by atoms with Crippen molar-refractivity contribution in [3.8, 4) is 17.2 Å². The van der Waals surface area contributed by atoms with E-state index in [1.165, 1.54) is 23.5 Å². The minimum Gasteiger partial charge on any atom is -0.495 e. The van der Waals surface area contributed by atoms with E-state index in [0.717, 1.165) is 25.7 Å². The quantitative estimate of drug-likeness (QED) is 0.496. The molecule has 1 saturated heterocycles. The van der Waals surface area contributed by atoms with Gasteiger partial charge in [-0.05, 0) is 55.3 Å². The molecule has 4 rings (SSSR count). The lowest BCUT2D eigenvalue weighted by atomic mass is 10.2. The van der Waals surface area contributed by atoms with E-state index < -0.39 is 15.9 Å². The number of benzene rings is 3. The van der Waals surface area contributed by atoms with Crippen LogP contribution in [0.2, 0.25) is 0 Å². The second-order valence-electron chi connectivity index (χ2n) is 8.05. The van der Waals surface area contributed by atoms with E-state index in [-0.39, 0.29) is 16.2 Å². The van der Waals surface area contributed by atoms with E-state index in [9.17, 15) is 13.2 Å². The number of rotatable bonds is 7. The predicted molar refractivity (Wildman–Crippen MR) is 131 cm³/mol. The Morgan fingerprint density at radius 3 is 2.24 bits per heavy atom. The number of nitrogens with one attached hydrogen (secondary N) is 1. The number of anilines is 1. The van der Waals surface area contributed by atoms with Gasteiger partial charge in [-0.3, -0.25) is 4.79 Å². The van der Waals surface area contributed by atoms with Crippen LogP contribution in [0.25, 0.3) is 0 Å². The van der Waals surface area contributed by atoms with Crippen LogP contribution in [0, 0.1) is 0 Å². The highest BCUT2D eigenvalue weighted by atomic mass is 32.2. The molecule has 3 aromatic rings. The molecule has 1 aliphatic rings. The van der Waals surface area contributed by atoms with E-state index >= 15 is 0 Å². The zero-order valence-corrected chi connectivity index (χ0v) is 19.9. The molecule has 1 N–H and O–H groups in total. The SMILES string of the molecule is COc1ccc(C(=O)Nc2ccccc2Oc2ccccc2)cc1S(=O)(=O)N1CCCCCC1. The number of carbonyl (C=O) groups is 1. The first kappa shape index (κ1) is 23.8. The van der Waals surface area contributed by atoms with Crippen LogP contribution in [-0.4, -0.2) is 38.8 Å². The Labute approximate surface area is 200 Å². The minimum atomic E-state index is -3.80. The molecule has 8 heteroatoms. The zero-order chi connectivity index (χ0) is 24.0. The van der Waals surface area contributed by atoms with Crippen molar-refractivity contribution >= 4 is 21.6 Å². The normalized spacial score (nSPS) is 14.7. The summed E-state index contributed by atoms with van der Waals surface area (Å²) in [5.74, 6) is 0.889. The van der Waals surface area contributed by atoms with Gasteiger partial charge in [0, 0.05) is 18.7 Å². The molecule has 0 saturated carbocycles. The Kier molecular flexibility index (Phi) is 7.49. The van der Waals surface area contributed by atoms with Crippen molar-refractivity contribution in [2.24, 2.45) is 0 Å². The van der Waals surface area contributed by atoms with Gasteiger partial charge in [-0.25, -0.2) is 8.42 Å². The highest BCUT2D eigenvalue weighted by Gasteiger charge is 2.29. The molecule has 0 aliphatic carbocycles. The smallest absolute Gasteiger partial charge is 0.255 e. The number of carbonyl (C=O) groups excluding carboxylic acids is 1. The Morgan fingerprint density at radius 1 is 0.853 bits per heavy atom. The Balaban J connectivity index is 1.60. The summed E-state index contributed by atoms with van der Waals surface area (Å²) in [6.45, 7) is 0.929. The van der Waals surface area contributed by atoms with Crippen molar-refractivity contribution in [1.82, 2.24) is 4.31 Å². The van der Waals surface area contributed by atoms with Gasteiger partial charge in [0.1, 0.15) is 16.4 Å². The topological polar surface area (TPSA) is 84.9 Å². The van der Waals surface area contributed by atoms with Gasteiger partial charge in [0.15, 0.2) is 5.75 Å². The van der Waals surface area contributed by atoms with E-state index in [1.807, 2.05) is 36.4 Å². The van der Waals surface area contributed by atoms with Gasteiger partial charge in [0.05, 0.1) is 12.8 Å². The molecule has 0 radical (unpaired) electrons. The van der Waals surface area contributed by atoms with E-state index in [0.29, 0.717) is 30.3 Å². The van der Waals surface area contributed by atoms with Gasteiger partial charge in [-0.15, -0.1) is 0 Å².